The van der Waals surface area contributed by atoms with Crippen LogP contribution >= 0.6 is 11.3 Å². The van der Waals surface area contributed by atoms with Crippen LogP contribution in [0.5, 0.6) is 5.75 Å². The number of aromatic nitrogens is 1. The molecule has 2 rings (SSSR count). The van der Waals surface area contributed by atoms with Gasteiger partial charge in [0, 0.05) is 19.0 Å². The van der Waals surface area contributed by atoms with E-state index in [2.05, 4.69) is 26.7 Å². The number of methoxy groups -OCH3 is 1. The fraction of sp³-hybridized carbons (Fsp3) is 0.412. The lowest BCUT2D eigenvalue weighted by Crippen LogP contribution is -2.37. The minimum absolute atomic E-state index is 0.175. The Morgan fingerprint density at radius 1 is 1.31 bits per heavy atom. The summed E-state index contributed by atoms with van der Waals surface area (Å²) in [6, 6.07) is 5.98. The van der Waals surface area contributed by atoms with E-state index < -0.39 is 11.9 Å². The second-order valence-electron chi connectivity index (χ2n) is 5.54. The molecule has 0 saturated carbocycles. The topological polar surface area (TPSA) is 58.5 Å². The fourth-order valence-corrected chi connectivity index (χ4v) is 3.06. The molecular formula is C17H21F3N4OS. The van der Waals surface area contributed by atoms with Crippen LogP contribution in [0.4, 0.5) is 13.2 Å². The van der Waals surface area contributed by atoms with E-state index in [4.69, 9.17) is 4.74 Å². The molecule has 0 amide bonds. The third-order valence-electron chi connectivity index (χ3n) is 3.60. The predicted molar refractivity (Wildman–Crippen MR) is 96.8 cm³/mol. The minimum Gasteiger partial charge on any atom is -0.496 e. The van der Waals surface area contributed by atoms with Gasteiger partial charge in [-0.05, 0) is 25.0 Å². The number of halogens is 3. The van der Waals surface area contributed by atoms with Crippen LogP contribution in [0.3, 0.4) is 0 Å². The Bertz CT molecular complexity index is 759. The van der Waals surface area contributed by atoms with Crippen molar-refractivity contribution in [2.45, 2.75) is 26.1 Å². The summed E-state index contributed by atoms with van der Waals surface area (Å²) in [6.07, 6.45) is -3.69. The average Bonchev–Trinajstić information content (AvgIpc) is 3.07. The van der Waals surface area contributed by atoms with Crippen LogP contribution in [-0.2, 0) is 19.1 Å². The van der Waals surface area contributed by atoms with Crippen molar-refractivity contribution < 1.29 is 17.9 Å². The van der Waals surface area contributed by atoms with Crippen molar-refractivity contribution in [3.8, 4) is 5.75 Å². The van der Waals surface area contributed by atoms with Crippen molar-refractivity contribution in [2.75, 3.05) is 20.7 Å². The van der Waals surface area contributed by atoms with Crippen LogP contribution in [-0.4, -0.2) is 31.6 Å². The highest BCUT2D eigenvalue weighted by molar-refractivity contribution is 7.09. The van der Waals surface area contributed by atoms with Crippen LogP contribution in [0.25, 0.3) is 0 Å². The first-order chi connectivity index (χ1) is 12.3. The molecule has 0 atom stereocenters. The molecular weight excluding hydrogens is 365 g/mol. The molecule has 0 aliphatic rings. The Hall–Kier alpha value is -2.29. The number of aliphatic imine (C=N–C) groups is 1. The molecule has 0 saturated heterocycles. The van der Waals surface area contributed by atoms with Crippen LogP contribution in [0.15, 0.2) is 28.6 Å². The van der Waals surface area contributed by atoms with E-state index in [0.29, 0.717) is 17.5 Å². The molecule has 142 valence electrons. The largest absolute Gasteiger partial charge is 0.496 e. The first-order valence-corrected chi connectivity index (χ1v) is 8.81. The molecule has 1 heterocycles. The van der Waals surface area contributed by atoms with Gasteiger partial charge in [0.15, 0.2) is 11.7 Å². The number of nitrogens with zero attached hydrogens (tertiary/aromatic N) is 2. The number of guanidine groups is 1. The molecule has 26 heavy (non-hydrogen) atoms. The highest BCUT2D eigenvalue weighted by Gasteiger charge is 2.33. The van der Waals surface area contributed by atoms with Gasteiger partial charge in [0.25, 0.3) is 0 Å². The molecule has 2 N–H and O–H groups in total. The summed E-state index contributed by atoms with van der Waals surface area (Å²) in [5, 5.41) is 7.46. The Balaban J connectivity index is 1.85. The zero-order valence-electron chi connectivity index (χ0n) is 14.8. The number of benzene rings is 1. The van der Waals surface area contributed by atoms with Crippen molar-refractivity contribution in [1.29, 1.82) is 0 Å². The van der Waals surface area contributed by atoms with E-state index in [9.17, 15) is 13.2 Å². The van der Waals surface area contributed by atoms with Crippen molar-refractivity contribution in [3.05, 3.63) is 45.4 Å². The van der Waals surface area contributed by atoms with Crippen LogP contribution in [0, 0.1) is 6.92 Å². The number of aryl methyl sites for hydroxylation is 1. The van der Waals surface area contributed by atoms with Gasteiger partial charge in [-0.2, -0.15) is 13.2 Å². The second kappa shape index (κ2) is 8.88. The number of nitrogens with one attached hydrogen (secondary N) is 2. The summed E-state index contributed by atoms with van der Waals surface area (Å²) >= 11 is 0.963. The quantitative estimate of drug-likeness (QED) is 0.590. The van der Waals surface area contributed by atoms with Crippen molar-refractivity contribution in [3.63, 3.8) is 0 Å². The third kappa shape index (κ3) is 5.62. The van der Waals surface area contributed by atoms with E-state index in [1.54, 1.807) is 14.2 Å². The van der Waals surface area contributed by atoms with E-state index in [1.165, 1.54) is 0 Å². The summed E-state index contributed by atoms with van der Waals surface area (Å²) in [5.74, 6) is 1.32. The van der Waals surface area contributed by atoms with Gasteiger partial charge in [0.05, 0.1) is 13.7 Å². The molecule has 0 aliphatic heterocycles. The highest BCUT2D eigenvalue weighted by Crippen LogP contribution is 2.29. The zero-order valence-corrected chi connectivity index (χ0v) is 15.6. The predicted octanol–water partition coefficient (Wildman–Crippen LogP) is 3.39. The zero-order chi connectivity index (χ0) is 19.2. The lowest BCUT2D eigenvalue weighted by atomic mass is 10.1. The van der Waals surface area contributed by atoms with Gasteiger partial charge in [-0.15, -0.1) is 11.3 Å². The molecule has 0 aliphatic carbocycles. The highest BCUT2D eigenvalue weighted by atomic mass is 32.1. The Morgan fingerprint density at radius 3 is 2.69 bits per heavy atom. The van der Waals surface area contributed by atoms with E-state index in [1.807, 2.05) is 19.1 Å². The number of thiazole rings is 1. The molecule has 0 fully saturated rings. The number of hydrogen-bond acceptors (Lipinski definition) is 4. The SMILES string of the molecule is CN=C(NCCc1cc(C)ccc1OC)NCc1nc(C(F)(F)F)cs1. The first kappa shape index (κ1) is 20.0. The molecule has 0 spiro atoms. The molecule has 0 bridgehead atoms. The molecule has 1 aromatic heterocycles. The standard InChI is InChI=1S/C17H21F3N4OS/c1-11-4-5-13(25-3)12(8-11)6-7-22-16(21-2)23-9-15-24-14(10-26-15)17(18,19)20/h4-5,8,10H,6-7,9H2,1-3H3,(H2,21,22,23). The maximum absolute atomic E-state index is 12.6. The maximum atomic E-state index is 12.6. The van der Waals surface area contributed by atoms with Gasteiger partial charge < -0.3 is 15.4 Å². The van der Waals surface area contributed by atoms with Crippen LogP contribution in [0.2, 0.25) is 0 Å². The molecule has 1 aromatic carbocycles. The van der Waals surface area contributed by atoms with Crippen molar-refractivity contribution in [1.82, 2.24) is 15.6 Å². The van der Waals surface area contributed by atoms with E-state index in [0.717, 1.165) is 40.0 Å². The first-order valence-electron chi connectivity index (χ1n) is 7.93. The summed E-state index contributed by atoms with van der Waals surface area (Å²) in [5.41, 5.74) is 1.35. The molecule has 9 heteroatoms. The van der Waals surface area contributed by atoms with Gasteiger partial charge in [0.1, 0.15) is 10.8 Å². The fourth-order valence-electron chi connectivity index (χ4n) is 2.32. The number of hydrogen-bond donors (Lipinski definition) is 2. The Morgan fingerprint density at radius 2 is 2.08 bits per heavy atom. The summed E-state index contributed by atoms with van der Waals surface area (Å²) in [6.45, 7) is 2.79. The smallest absolute Gasteiger partial charge is 0.434 e. The summed E-state index contributed by atoms with van der Waals surface area (Å²) in [4.78, 5) is 7.65. The van der Waals surface area contributed by atoms with Gasteiger partial charge >= 0.3 is 6.18 Å². The monoisotopic (exact) mass is 386 g/mol. The molecule has 0 unspecified atom stereocenters. The van der Waals surface area contributed by atoms with E-state index in [-0.39, 0.29) is 6.54 Å². The number of alkyl halides is 3. The lowest BCUT2D eigenvalue weighted by molar-refractivity contribution is -0.140. The van der Waals surface area contributed by atoms with E-state index >= 15 is 0 Å². The number of rotatable bonds is 6. The van der Waals surface area contributed by atoms with Gasteiger partial charge in [-0.25, -0.2) is 4.98 Å². The summed E-state index contributed by atoms with van der Waals surface area (Å²) < 4.78 is 43.0. The molecule has 5 nitrogen and oxygen atoms in total. The molecule has 0 radical (unpaired) electrons. The third-order valence-corrected chi connectivity index (χ3v) is 4.44. The van der Waals surface area contributed by atoms with Crippen molar-refractivity contribution in [2.24, 2.45) is 4.99 Å². The lowest BCUT2D eigenvalue weighted by Gasteiger charge is -2.13. The molecule has 2 aromatic rings. The van der Waals surface area contributed by atoms with Crippen LogP contribution in [0.1, 0.15) is 21.8 Å². The van der Waals surface area contributed by atoms with Gasteiger partial charge in [-0.1, -0.05) is 17.7 Å². The Kier molecular flexibility index (Phi) is 6.84. The van der Waals surface area contributed by atoms with Gasteiger partial charge in [0.2, 0.25) is 0 Å². The van der Waals surface area contributed by atoms with Crippen molar-refractivity contribution >= 4 is 17.3 Å². The second-order valence-corrected chi connectivity index (χ2v) is 6.48. The average molecular weight is 386 g/mol. The maximum Gasteiger partial charge on any atom is 0.434 e. The normalized spacial score (nSPS) is 12.2. The Labute approximate surface area is 154 Å². The van der Waals surface area contributed by atoms with Gasteiger partial charge in [-0.3, -0.25) is 4.99 Å². The minimum atomic E-state index is -4.42. The number of ether oxygens (including phenoxy) is 1. The van der Waals surface area contributed by atoms with Crippen LogP contribution < -0.4 is 15.4 Å². The summed E-state index contributed by atoms with van der Waals surface area (Å²) in [7, 11) is 3.23.